The fourth-order valence-corrected chi connectivity index (χ4v) is 0.951. The Morgan fingerprint density at radius 2 is 2.25 bits per heavy atom. The summed E-state index contributed by atoms with van der Waals surface area (Å²) in [7, 11) is 0. The van der Waals surface area contributed by atoms with Gasteiger partial charge in [-0.25, -0.2) is 0 Å². The number of amides is 1. The highest BCUT2D eigenvalue weighted by atomic mass is 16.3. The van der Waals surface area contributed by atoms with Crippen molar-refractivity contribution < 1.29 is 9.90 Å². The minimum Gasteiger partial charge on any atom is -0.395 e. The van der Waals surface area contributed by atoms with Gasteiger partial charge in [0.15, 0.2) is 0 Å². The molecule has 0 saturated carbocycles. The third-order valence-electron chi connectivity index (χ3n) is 1.47. The predicted octanol–water partition coefficient (Wildman–Crippen LogP) is 0.241. The topological polar surface area (TPSA) is 40.5 Å². The quantitative estimate of drug-likeness (QED) is 0.599. The molecule has 1 amide bonds. The van der Waals surface area contributed by atoms with E-state index in [1.807, 2.05) is 6.92 Å². The molecule has 0 atom stereocenters. The van der Waals surface area contributed by atoms with Crippen molar-refractivity contribution in [3.05, 3.63) is 0 Å². The Morgan fingerprint density at radius 1 is 1.58 bits per heavy atom. The SMILES string of the molecule is C#CCC(=O)N(CCC)CCO. The second kappa shape index (κ2) is 6.68. The molecule has 0 radical (unpaired) electrons. The minimum atomic E-state index is -0.0756. The Kier molecular flexibility index (Phi) is 6.12. The molecule has 0 aromatic carbocycles. The van der Waals surface area contributed by atoms with Crippen LogP contribution in [0.15, 0.2) is 0 Å². The molecule has 0 aliphatic carbocycles. The van der Waals surface area contributed by atoms with Gasteiger partial charge >= 0.3 is 0 Å². The summed E-state index contributed by atoms with van der Waals surface area (Å²) in [4.78, 5) is 12.8. The summed E-state index contributed by atoms with van der Waals surface area (Å²) in [6.07, 6.45) is 6.01. The molecule has 0 rings (SSSR count). The van der Waals surface area contributed by atoms with Gasteiger partial charge in [0, 0.05) is 13.1 Å². The lowest BCUT2D eigenvalue weighted by molar-refractivity contribution is -0.130. The third-order valence-corrected chi connectivity index (χ3v) is 1.47. The van der Waals surface area contributed by atoms with E-state index >= 15 is 0 Å². The average Bonchev–Trinajstić information content (AvgIpc) is 2.04. The number of carbonyl (C=O) groups is 1. The predicted molar refractivity (Wildman–Crippen MR) is 47.4 cm³/mol. The standard InChI is InChI=1S/C9H15NO2/c1-3-5-9(12)10(6-4-2)7-8-11/h1,11H,4-8H2,2H3. The Morgan fingerprint density at radius 3 is 2.67 bits per heavy atom. The van der Waals surface area contributed by atoms with Crippen molar-refractivity contribution in [2.45, 2.75) is 19.8 Å². The van der Waals surface area contributed by atoms with Crippen LogP contribution in [0.5, 0.6) is 0 Å². The fourth-order valence-electron chi connectivity index (χ4n) is 0.951. The lowest BCUT2D eigenvalue weighted by Gasteiger charge is -2.19. The van der Waals surface area contributed by atoms with E-state index in [4.69, 9.17) is 11.5 Å². The first-order chi connectivity index (χ1) is 5.76. The zero-order chi connectivity index (χ0) is 9.40. The van der Waals surface area contributed by atoms with Crippen LogP contribution in [-0.2, 0) is 4.79 Å². The van der Waals surface area contributed by atoms with Crippen LogP contribution in [0.2, 0.25) is 0 Å². The number of rotatable bonds is 5. The maximum absolute atomic E-state index is 11.2. The summed E-state index contributed by atoms with van der Waals surface area (Å²) in [5.74, 6) is 2.22. The number of carbonyl (C=O) groups excluding carboxylic acids is 1. The summed E-state index contributed by atoms with van der Waals surface area (Å²) in [6, 6.07) is 0. The molecule has 68 valence electrons. The van der Waals surface area contributed by atoms with Gasteiger partial charge in [-0.1, -0.05) is 12.8 Å². The summed E-state index contributed by atoms with van der Waals surface area (Å²) in [5, 5.41) is 8.63. The summed E-state index contributed by atoms with van der Waals surface area (Å²) in [5.41, 5.74) is 0. The summed E-state index contributed by atoms with van der Waals surface area (Å²) >= 11 is 0. The Labute approximate surface area is 73.4 Å². The molecular formula is C9H15NO2. The van der Waals surface area contributed by atoms with Crippen LogP contribution < -0.4 is 0 Å². The fraction of sp³-hybridized carbons (Fsp3) is 0.667. The second-order valence-electron chi connectivity index (χ2n) is 2.49. The van der Waals surface area contributed by atoms with E-state index in [0.717, 1.165) is 6.42 Å². The van der Waals surface area contributed by atoms with Crippen molar-refractivity contribution in [2.24, 2.45) is 0 Å². The number of hydrogen-bond acceptors (Lipinski definition) is 2. The van der Waals surface area contributed by atoms with Crippen LogP contribution in [0, 0.1) is 12.3 Å². The number of nitrogens with zero attached hydrogens (tertiary/aromatic N) is 1. The smallest absolute Gasteiger partial charge is 0.234 e. The molecular weight excluding hydrogens is 154 g/mol. The van der Waals surface area contributed by atoms with E-state index in [9.17, 15) is 4.79 Å². The zero-order valence-corrected chi connectivity index (χ0v) is 7.42. The van der Waals surface area contributed by atoms with Crippen LogP contribution in [0.3, 0.4) is 0 Å². The van der Waals surface area contributed by atoms with Gasteiger partial charge in [0.05, 0.1) is 13.0 Å². The Balaban J connectivity index is 3.92. The number of aliphatic hydroxyl groups is 1. The van der Waals surface area contributed by atoms with Crippen LogP contribution in [0.4, 0.5) is 0 Å². The van der Waals surface area contributed by atoms with Gasteiger partial charge in [-0.3, -0.25) is 4.79 Å². The van der Waals surface area contributed by atoms with E-state index in [-0.39, 0.29) is 18.9 Å². The largest absolute Gasteiger partial charge is 0.395 e. The lowest BCUT2D eigenvalue weighted by Crippen LogP contribution is -2.33. The van der Waals surface area contributed by atoms with Crippen LogP contribution in [0.25, 0.3) is 0 Å². The first-order valence-corrected chi connectivity index (χ1v) is 4.08. The molecule has 0 fully saturated rings. The van der Waals surface area contributed by atoms with Gasteiger partial charge in [-0.2, -0.15) is 0 Å². The first-order valence-electron chi connectivity index (χ1n) is 4.08. The van der Waals surface area contributed by atoms with E-state index in [1.54, 1.807) is 4.90 Å². The molecule has 0 aromatic heterocycles. The van der Waals surface area contributed by atoms with Crippen molar-refractivity contribution in [3.8, 4) is 12.3 Å². The monoisotopic (exact) mass is 169 g/mol. The van der Waals surface area contributed by atoms with Gasteiger partial charge in [-0.15, -0.1) is 6.42 Å². The molecule has 12 heavy (non-hydrogen) atoms. The molecule has 3 heteroatoms. The maximum atomic E-state index is 11.2. The maximum Gasteiger partial charge on any atom is 0.234 e. The van der Waals surface area contributed by atoms with E-state index < -0.39 is 0 Å². The molecule has 0 aromatic rings. The highest BCUT2D eigenvalue weighted by molar-refractivity contribution is 5.78. The van der Waals surface area contributed by atoms with Crippen molar-refractivity contribution in [3.63, 3.8) is 0 Å². The highest BCUT2D eigenvalue weighted by Gasteiger charge is 2.09. The Bertz CT molecular complexity index is 166. The second-order valence-corrected chi connectivity index (χ2v) is 2.49. The van der Waals surface area contributed by atoms with Gasteiger partial charge in [0.1, 0.15) is 0 Å². The van der Waals surface area contributed by atoms with Gasteiger partial charge in [0.2, 0.25) is 5.91 Å². The summed E-state index contributed by atoms with van der Waals surface area (Å²) < 4.78 is 0. The normalized spacial score (nSPS) is 9.08. The van der Waals surface area contributed by atoms with Crippen molar-refractivity contribution >= 4 is 5.91 Å². The average molecular weight is 169 g/mol. The first kappa shape index (κ1) is 11.0. The highest BCUT2D eigenvalue weighted by Crippen LogP contribution is 1.94. The van der Waals surface area contributed by atoms with E-state index in [1.165, 1.54) is 0 Å². The molecule has 0 bridgehead atoms. The van der Waals surface area contributed by atoms with Crippen molar-refractivity contribution in [1.29, 1.82) is 0 Å². The van der Waals surface area contributed by atoms with Crippen molar-refractivity contribution in [2.75, 3.05) is 19.7 Å². The molecule has 0 unspecified atom stereocenters. The number of terminal acetylenes is 1. The lowest BCUT2D eigenvalue weighted by atomic mass is 10.3. The van der Waals surface area contributed by atoms with Gasteiger partial charge in [0.25, 0.3) is 0 Å². The zero-order valence-electron chi connectivity index (χ0n) is 7.42. The summed E-state index contributed by atoms with van der Waals surface area (Å²) in [6.45, 7) is 3.03. The minimum absolute atomic E-state index is 0.00366. The van der Waals surface area contributed by atoms with Gasteiger partial charge in [-0.05, 0) is 6.42 Å². The number of hydrogen-bond donors (Lipinski definition) is 1. The van der Waals surface area contributed by atoms with Crippen LogP contribution >= 0.6 is 0 Å². The third kappa shape index (κ3) is 3.99. The molecule has 0 aliphatic rings. The molecule has 0 spiro atoms. The Hall–Kier alpha value is -1.01. The van der Waals surface area contributed by atoms with Gasteiger partial charge < -0.3 is 10.0 Å². The molecule has 0 aliphatic heterocycles. The van der Waals surface area contributed by atoms with Crippen molar-refractivity contribution in [1.82, 2.24) is 4.90 Å². The number of aliphatic hydroxyl groups excluding tert-OH is 1. The van der Waals surface area contributed by atoms with Crippen LogP contribution in [-0.4, -0.2) is 35.6 Å². The molecule has 1 N–H and O–H groups in total. The molecule has 0 heterocycles. The van der Waals surface area contributed by atoms with Crippen LogP contribution in [0.1, 0.15) is 19.8 Å². The van der Waals surface area contributed by atoms with E-state index in [2.05, 4.69) is 5.92 Å². The molecule has 3 nitrogen and oxygen atoms in total. The molecule has 0 saturated heterocycles. The van der Waals surface area contributed by atoms with E-state index in [0.29, 0.717) is 13.1 Å².